The Morgan fingerprint density at radius 2 is 1.69 bits per heavy atom. The molecule has 1 aromatic carbocycles. The van der Waals surface area contributed by atoms with Crippen LogP contribution in [-0.4, -0.2) is 0 Å². The molecular weight excluding hydrogens is 350 g/mol. The maximum atomic E-state index is 4.67. The average Bonchev–Trinajstić information content (AvgIpc) is 3.40. The van der Waals surface area contributed by atoms with Gasteiger partial charge in [-0.05, 0) is 84.4 Å². The predicted molar refractivity (Wildman–Crippen MR) is 121 cm³/mol. The van der Waals surface area contributed by atoms with Crippen molar-refractivity contribution in [1.82, 2.24) is 0 Å². The van der Waals surface area contributed by atoms with Crippen molar-refractivity contribution in [3.8, 4) is 0 Å². The van der Waals surface area contributed by atoms with Crippen LogP contribution in [0.15, 0.2) is 43.1 Å². The van der Waals surface area contributed by atoms with Crippen LogP contribution in [0.5, 0.6) is 0 Å². The zero-order valence-corrected chi connectivity index (χ0v) is 18.3. The fraction of sp³-hybridized carbons (Fsp3) is 0.464. The van der Waals surface area contributed by atoms with E-state index < -0.39 is 0 Å². The molecule has 0 amide bonds. The van der Waals surface area contributed by atoms with E-state index in [1.807, 2.05) is 0 Å². The lowest BCUT2D eigenvalue weighted by atomic mass is 9.66. The zero-order valence-electron chi connectivity index (χ0n) is 18.3. The standard InChI is InChI=1S/C28H32N/c1-6-28(7-2)17(3)29-13-9-8-10-24(29)26-25(28)22-15-20-18-11-12-19(14-18)21(20)16-23(22)27(26,4)5/h8-10,13,15-16,18-19H,3,6-7,11-12,14H2,1-2,4-5H3/q+1. The molecule has 148 valence electrons. The van der Waals surface area contributed by atoms with Crippen molar-refractivity contribution in [2.45, 2.75) is 77.0 Å². The van der Waals surface area contributed by atoms with E-state index in [0.29, 0.717) is 0 Å². The zero-order chi connectivity index (χ0) is 20.1. The van der Waals surface area contributed by atoms with Crippen molar-refractivity contribution >= 4 is 16.8 Å². The van der Waals surface area contributed by atoms with Crippen LogP contribution in [0.3, 0.4) is 0 Å². The summed E-state index contributed by atoms with van der Waals surface area (Å²) >= 11 is 0. The molecule has 0 spiro atoms. The Labute approximate surface area is 175 Å². The molecule has 1 fully saturated rings. The van der Waals surface area contributed by atoms with Gasteiger partial charge in [0.2, 0.25) is 5.69 Å². The average molecular weight is 383 g/mol. The second kappa shape index (κ2) is 5.50. The topological polar surface area (TPSA) is 3.88 Å². The SMILES string of the molecule is C=C1[n+]2ccccc2C2=C(c3cc4c(cc3C2(C)C)C2CCC4C2)C1(CC)CC. The molecule has 1 nitrogen and oxygen atoms in total. The maximum Gasteiger partial charge on any atom is 0.215 e. The van der Waals surface area contributed by atoms with Crippen molar-refractivity contribution in [2.24, 2.45) is 5.41 Å². The van der Waals surface area contributed by atoms with Gasteiger partial charge >= 0.3 is 0 Å². The number of rotatable bonds is 2. The van der Waals surface area contributed by atoms with Crippen LogP contribution in [0.4, 0.5) is 0 Å². The van der Waals surface area contributed by atoms with Gasteiger partial charge in [0.15, 0.2) is 11.9 Å². The van der Waals surface area contributed by atoms with Crippen LogP contribution in [0.25, 0.3) is 16.8 Å². The molecule has 6 rings (SSSR count). The second-order valence-electron chi connectivity index (χ2n) is 10.3. The summed E-state index contributed by atoms with van der Waals surface area (Å²) in [5, 5.41) is 0. The molecule has 0 radical (unpaired) electrons. The van der Waals surface area contributed by atoms with E-state index in [4.69, 9.17) is 0 Å². The van der Waals surface area contributed by atoms with Crippen molar-refractivity contribution in [3.05, 3.63) is 71.1 Å². The Morgan fingerprint density at radius 1 is 1.00 bits per heavy atom. The maximum absolute atomic E-state index is 4.67. The Kier molecular flexibility index (Phi) is 3.36. The molecule has 1 aromatic heterocycles. The summed E-state index contributed by atoms with van der Waals surface area (Å²) in [7, 11) is 0. The highest BCUT2D eigenvalue weighted by Gasteiger charge is 2.56. The van der Waals surface area contributed by atoms with E-state index >= 15 is 0 Å². The van der Waals surface area contributed by atoms with E-state index in [1.54, 1.807) is 27.8 Å². The summed E-state index contributed by atoms with van der Waals surface area (Å²) in [6, 6.07) is 11.9. The van der Waals surface area contributed by atoms with Crippen molar-refractivity contribution in [3.63, 3.8) is 0 Å². The monoisotopic (exact) mass is 382 g/mol. The number of nitrogens with zero attached hydrogens (tertiary/aromatic N) is 1. The summed E-state index contributed by atoms with van der Waals surface area (Å²) in [5.74, 6) is 1.62. The number of allylic oxidation sites excluding steroid dienone is 3. The van der Waals surface area contributed by atoms with Crippen molar-refractivity contribution in [2.75, 3.05) is 0 Å². The molecule has 2 bridgehead atoms. The van der Waals surface area contributed by atoms with Crippen LogP contribution in [-0.2, 0) is 5.41 Å². The van der Waals surface area contributed by atoms with E-state index in [1.165, 1.54) is 36.2 Å². The number of hydrogen-bond donors (Lipinski definition) is 0. The van der Waals surface area contributed by atoms with E-state index in [2.05, 4.69) is 75.4 Å². The summed E-state index contributed by atoms with van der Waals surface area (Å²) in [6.45, 7) is 14.3. The largest absolute Gasteiger partial charge is 0.215 e. The van der Waals surface area contributed by atoms with E-state index in [-0.39, 0.29) is 10.8 Å². The number of pyridine rings is 1. The number of fused-ring (bicyclic) bond motifs is 9. The smallest absolute Gasteiger partial charge is 0.164 e. The van der Waals surface area contributed by atoms with Gasteiger partial charge in [-0.2, -0.15) is 4.57 Å². The van der Waals surface area contributed by atoms with Crippen LogP contribution in [0.1, 0.15) is 99.6 Å². The first-order valence-corrected chi connectivity index (χ1v) is 11.6. The first-order valence-electron chi connectivity index (χ1n) is 11.6. The fourth-order valence-corrected chi connectivity index (χ4v) is 7.41. The number of aromatic nitrogens is 1. The molecule has 2 heterocycles. The normalized spacial score (nSPS) is 27.0. The number of hydrogen-bond acceptors (Lipinski definition) is 0. The molecule has 29 heavy (non-hydrogen) atoms. The second-order valence-corrected chi connectivity index (χ2v) is 10.3. The van der Waals surface area contributed by atoms with Gasteiger partial charge in [-0.25, -0.2) is 0 Å². The first kappa shape index (κ1) is 17.7. The quantitative estimate of drug-likeness (QED) is 0.501. The Morgan fingerprint density at radius 3 is 2.38 bits per heavy atom. The third-order valence-electron chi connectivity index (χ3n) is 9.00. The highest BCUT2D eigenvalue weighted by atomic mass is 15.0. The lowest BCUT2D eigenvalue weighted by Gasteiger charge is -2.37. The van der Waals surface area contributed by atoms with Gasteiger partial charge in [-0.1, -0.05) is 39.8 Å². The van der Waals surface area contributed by atoms with Gasteiger partial charge in [-0.3, -0.25) is 0 Å². The van der Waals surface area contributed by atoms with Gasteiger partial charge in [0.05, 0.1) is 5.41 Å². The van der Waals surface area contributed by atoms with Crippen LogP contribution >= 0.6 is 0 Å². The lowest BCUT2D eigenvalue weighted by molar-refractivity contribution is -0.592. The first-order chi connectivity index (χ1) is 13.9. The third kappa shape index (κ3) is 1.91. The molecule has 2 aromatic rings. The minimum atomic E-state index is 0.0166. The molecule has 4 aliphatic rings. The van der Waals surface area contributed by atoms with Gasteiger partial charge < -0.3 is 0 Å². The summed E-state index contributed by atoms with van der Waals surface area (Å²) in [4.78, 5) is 0. The summed E-state index contributed by atoms with van der Waals surface area (Å²) < 4.78 is 2.39. The molecule has 0 N–H and O–H groups in total. The molecular formula is C28H32N+. The molecule has 2 unspecified atom stereocenters. The molecule has 2 atom stereocenters. The Balaban J connectivity index is 1.72. The van der Waals surface area contributed by atoms with Gasteiger partial charge in [-0.15, -0.1) is 0 Å². The van der Waals surface area contributed by atoms with Crippen molar-refractivity contribution < 1.29 is 4.57 Å². The van der Waals surface area contributed by atoms with Crippen LogP contribution in [0.2, 0.25) is 0 Å². The van der Waals surface area contributed by atoms with Gasteiger partial charge in [0.25, 0.3) is 0 Å². The summed E-state index contributed by atoms with van der Waals surface area (Å²) in [5.41, 5.74) is 12.2. The van der Waals surface area contributed by atoms with Crippen molar-refractivity contribution in [1.29, 1.82) is 0 Å². The van der Waals surface area contributed by atoms with E-state index in [0.717, 1.165) is 24.7 Å². The lowest BCUT2D eigenvalue weighted by Crippen LogP contribution is -2.48. The molecule has 3 aliphatic carbocycles. The minimum Gasteiger partial charge on any atom is -0.164 e. The number of benzene rings is 1. The van der Waals surface area contributed by atoms with E-state index in [9.17, 15) is 0 Å². The van der Waals surface area contributed by atoms with Gasteiger partial charge in [0, 0.05) is 23.1 Å². The molecule has 1 heteroatoms. The Hall–Kier alpha value is -2.15. The molecule has 1 saturated carbocycles. The van der Waals surface area contributed by atoms with Crippen LogP contribution in [0, 0.1) is 5.41 Å². The van der Waals surface area contributed by atoms with Crippen LogP contribution < -0.4 is 4.57 Å². The minimum absolute atomic E-state index is 0.0166. The molecule has 0 saturated heterocycles. The molecule has 1 aliphatic heterocycles. The highest BCUT2D eigenvalue weighted by Crippen LogP contribution is 2.64. The predicted octanol–water partition coefficient (Wildman–Crippen LogP) is 6.83. The van der Waals surface area contributed by atoms with Gasteiger partial charge in [0.1, 0.15) is 0 Å². The Bertz CT molecular complexity index is 1110. The summed E-state index contributed by atoms with van der Waals surface area (Å²) in [6.07, 6.45) is 8.60. The highest BCUT2D eigenvalue weighted by molar-refractivity contribution is 6.06. The third-order valence-corrected chi connectivity index (χ3v) is 9.00. The fourth-order valence-electron chi connectivity index (χ4n) is 7.41.